The summed E-state index contributed by atoms with van der Waals surface area (Å²) in [5, 5.41) is 19.5. The zero-order chi connectivity index (χ0) is 14.3. The number of fused-ring (bicyclic) bond motifs is 3. The van der Waals surface area contributed by atoms with Gasteiger partial charge in [0.15, 0.2) is 0 Å². The monoisotopic (exact) mass is 269 g/mol. The van der Waals surface area contributed by atoms with E-state index in [9.17, 15) is 10.2 Å². The minimum atomic E-state index is 0.301. The molecule has 1 heterocycles. The summed E-state index contributed by atoms with van der Waals surface area (Å²) >= 11 is 0. The lowest BCUT2D eigenvalue weighted by molar-refractivity contribution is 0.206. The molecule has 0 fully saturated rings. The Bertz CT molecular complexity index is 596. The van der Waals surface area contributed by atoms with Gasteiger partial charge in [-0.25, -0.2) is 0 Å². The smallest absolute Gasteiger partial charge is 0.115 e. The van der Waals surface area contributed by atoms with Gasteiger partial charge in [-0.1, -0.05) is 12.1 Å². The highest BCUT2D eigenvalue weighted by Gasteiger charge is 2.21. The van der Waals surface area contributed by atoms with Crippen LogP contribution in [0.25, 0.3) is 11.1 Å². The van der Waals surface area contributed by atoms with E-state index in [-0.39, 0.29) is 0 Å². The van der Waals surface area contributed by atoms with Gasteiger partial charge in [0.05, 0.1) is 0 Å². The molecule has 20 heavy (non-hydrogen) atoms. The average Bonchev–Trinajstić information content (AvgIpc) is 2.54. The molecule has 0 unspecified atom stereocenters. The first-order valence-corrected chi connectivity index (χ1v) is 6.93. The van der Waals surface area contributed by atoms with Crippen molar-refractivity contribution in [3.05, 3.63) is 47.5 Å². The van der Waals surface area contributed by atoms with E-state index in [1.807, 2.05) is 24.3 Å². The number of hydrogen-bond acceptors (Lipinski definition) is 3. The van der Waals surface area contributed by atoms with Gasteiger partial charge < -0.3 is 10.2 Å². The van der Waals surface area contributed by atoms with Gasteiger partial charge in [0, 0.05) is 19.1 Å². The van der Waals surface area contributed by atoms with Crippen LogP contribution < -0.4 is 0 Å². The molecule has 1 aliphatic heterocycles. The third-order valence-electron chi connectivity index (χ3n) is 3.94. The van der Waals surface area contributed by atoms with E-state index in [0.717, 1.165) is 35.3 Å². The summed E-state index contributed by atoms with van der Waals surface area (Å²) in [5.74, 6) is 0.601. The Labute approximate surface area is 119 Å². The number of nitrogens with zero attached hydrogens (tertiary/aromatic N) is 1. The molecule has 2 aromatic rings. The van der Waals surface area contributed by atoms with E-state index in [0.29, 0.717) is 17.5 Å². The van der Waals surface area contributed by atoms with Crippen LogP contribution in [-0.2, 0) is 13.1 Å². The Balaban J connectivity index is 2.21. The normalized spacial score (nSPS) is 14.8. The molecule has 104 valence electrons. The van der Waals surface area contributed by atoms with E-state index in [1.165, 1.54) is 0 Å². The Kier molecular flexibility index (Phi) is 3.14. The van der Waals surface area contributed by atoms with Gasteiger partial charge in [0.1, 0.15) is 11.5 Å². The predicted molar refractivity (Wildman–Crippen MR) is 79.6 cm³/mol. The summed E-state index contributed by atoms with van der Waals surface area (Å²) in [5.41, 5.74) is 4.54. The van der Waals surface area contributed by atoms with Crippen molar-refractivity contribution >= 4 is 0 Å². The fraction of sp³-hybridized carbons (Fsp3) is 0.294. The molecule has 0 saturated carbocycles. The molecule has 0 aromatic heterocycles. The standard InChI is InChI=1S/C17H19NO2/c1-11(2)18-9-12-7-14(19)3-5-16(12)17-6-4-15(20)8-13(17)10-18/h3-8,11,19-20H,9-10H2,1-2H3. The van der Waals surface area contributed by atoms with Gasteiger partial charge in [-0.05, 0) is 60.4 Å². The summed E-state index contributed by atoms with van der Waals surface area (Å²) < 4.78 is 0. The summed E-state index contributed by atoms with van der Waals surface area (Å²) in [6.07, 6.45) is 0. The van der Waals surface area contributed by atoms with Gasteiger partial charge in [-0.3, -0.25) is 4.90 Å². The quantitative estimate of drug-likeness (QED) is 0.833. The number of phenols is 2. The van der Waals surface area contributed by atoms with Gasteiger partial charge >= 0.3 is 0 Å². The van der Waals surface area contributed by atoms with Crippen molar-refractivity contribution in [3.63, 3.8) is 0 Å². The summed E-state index contributed by atoms with van der Waals surface area (Å²) in [6.45, 7) is 5.93. The molecule has 0 spiro atoms. The summed E-state index contributed by atoms with van der Waals surface area (Å²) in [6, 6.07) is 11.5. The molecule has 0 aliphatic carbocycles. The third kappa shape index (κ3) is 2.25. The van der Waals surface area contributed by atoms with Crippen LogP contribution >= 0.6 is 0 Å². The SMILES string of the molecule is CC(C)N1Cc2cc(O)ccc2-c2ccc(O)cc2C1. The number of hydrogen-bond donors (Lipinski definition) is 2. The van der Waals surface area contributed by atoms with Crippen molar-refractivity contribution < 1.29 is 10.2 Å². The van der Waals surface area contributed by atoms with Crippen LogP contribution in [0.3, 0.4) is 0 Å². The molecule has 2 aromatic carbocycles. The van der Waals surface area contributed by atoms with Crippen LogP contribution in [0.2, 0.25) is 0 Å². The number of phenolic OH excluding ortho intramolecular Hbond substituents is 2. The minimum Gasteiger partial charge on any atom is -0.508 e. The topological polar surface area (TPSA) is 43.7 Å². The molecular weight excluding hydrogens is 250 g/mol. The van der Waals surface area contributed by atoms with Crippen molar-refractivity contribution in [2.75, 3.05) is 0 Å². The Hall–Kier alpha value is -2.00. The Morgan fingerprint density at radius 1 is 0.850 bits per heavy atom. The first-order chi connectivity index (χ1) is 9.54. The van der Waals surface area contributed by atoms with Crippen LogP contribution in [-0.4, -0.2) is 21.2 Å². The van der Waals surface area contributed by atoms with Crippen LogP contribution in [0.1, 0.15) is 25.0 Å². The summed E-state index contributed by atoms with van der Waals surface area (Å²) in [4.78, 5) is 2.34. The first kappa shape index (κ1) is 13.0. The molecule has 2 N–H and O–H groups in total. The summed E-state index contributed by atoms with van der Waals surface area (Å²) in [7, 11) is 0. The molecule has 0 saturated heterocycles. The van der Waals surface area contributed by atoms with Crippen molar-refractivity contribution in [1.29, 1.82) is 0 Å². The molecule has 1 aliphatic rings. The maximum atomic E-state index is 9.74. The van der Waals surface area contributed by atoms with Crippen molar-refractivity contribution in [3.8, 4) is 22.6 Å². The minimum absolute atomic E-state index is 0.301. The highest BCUT2D eigenvalue weighted by Crippen LogP contribution is 2.36. The fourth-order valence-corrected chi connectivity index (χ4v) is 2.81. The highest BCUT2D eigenvalue weighted by atomic mass is 16.3. The number of benzene rings is 2. The fourth-order valence-electron chi connectivity index (χ4n) is 2.81. The van der Waals surface area contributed by atoms with E-state index in [2.05, 4.69) is 18.7 Å². The first-order valence-electron chi connectivity index (χ1n) is 6.93. The Morgan fingerprint density at radius 3 is 1.70 bits per heavy atom. The predicted octanol–water partition coefficient (Wildman–Crippen LogP) is 3.49. The zero-order valence-electron chi connectivity index (χ0n) is 11.8. The second-order valence-electron chi connectivity index (χ2n) is 5.68. The van der Waals surface area contributed by atoms with Crippen LogP contribution in [0, 0.1) is 0 Å². The van der Waals surface area contributed by atoms with Gasteiger partial charge in [-0.2, -0.15) is 0 Å². The largest absolute Gasteiger partial charge is 0.508 e. The van der Waals surface area contributed by atoms with E-state index in [1.54, 1.807) is 12.1 Å². The third-order valence-corrected chi connectivity index (χ3v) is 3.94. The van der Waals surface area contributed by atoms with Crippen LogP contribution in [0.15, 0.2) is 36.4 Å². The molecule has 0 amide bonds. The molecule has 0 radical (unpaired) electrons. The number of rotatable bonds is 1. The maximum Gasteiger partial charge on any atom is 0.115 e. The van der Waals surface area contributed by atoms with E-state index in [4.69, 9.17) is 0 Å². The lowest BCUT2D eigenvalue weighted by Crippen LogP contribution is -2.28. The number of aromatic hydroxyl groups is 2. The van der Waals surface area contributed by atoms with Gasteiger partial charge in [0.25, 0.3) is 0 Å². The van der Waals surface area contributed by atoms with Gasteiger partial charge in [-0.15, -0.1) is 0 Å². The van der Waals surface area contributed by atoms with Crippen molar-refractivity contribution in [2.24, 2.45) is 0 Å². The van der Waals surface area contributed by atoms with E-state index >= 15 is 0 Å². The molecule has 0 bridgehead atoms. The lowest BCUT2D eigenvalue weighted by atomic mass is 9.96. The molecule has 3 nitrogen and oxygen atoms in total. The highest BCUT2D eigenvalue weighted by molar-refractivity contribution is 5.73. The zero-order valence-corrected chi connectivity index (χ0v) is 11.8. The van der Waals surface area contributed by atoms with Crippen LogP contribution in [0.4, 0.5) is 0 Å². The second-order valence-corrected chi connectivity index (χ2v) is 5.68. The van der Waals surface area contributed by atoms with E-state index < -0.39 is 0 Å². The lowest BCUT2D eigenvalue weighted by Gasteiger charge is -2.25. The average molecular weight is 269 g/mol. The molecule has 0 atom stereocenters. The maximum absolute atomic E-state index is 9.74. The molecule has 3 heteroatoms. The van der Waals surface area contributed by atoms with Crippen LogP contribution in [0.5, 0.6) is 11.5 Å². The van der Waals surface area contributed by atoms with Gasteiger partial charge in [0.2, 0.25) is 0 Å². The van der Waals surface area contributed by atoms with Crippen molar-refractivity contribution in [1.82, 2.24) is 4.90 Å². The molecular formula is C17H19NO2. The van der Waals surface area contributed by atoms with Crippen molar-refractivity contribution in [2.45, 2.75) is 33.0 Å². The second kappa shape index (κ2) is 4.84. The molecule has 3 rings (SSSR count). The Morgan fingerprint density at radius 2 is 1.30 bits per heavy atom.